The molecule has 7 nitrogen and oxygen atoms in total. The lowest BCUT2D eigenvalue weighted by atomic mass is 9.68. The fourth-order valence-corrected chi connectivity index (χ4v) is 5.51. The number of esters is 1. The lowest BCUT2D eigenvalue weighted by molar-refractivity contribution is -0.144. The fourth-order valence-electron chi connectivity index (χ4n) is 5.51. The minimum absolute atomic E-state index is 0.00786. The molecule has 0 aliphatic heterocycles. The van der Waals surface area contributed by atoms with Gasteiger partial charge >= 0.3 is 5.97 Å². The average molecular weight is 445 g/mol. The second-order valence-corrected chi connectivity index (χ2v) is 9.20. The number of hydrogen-bond acceptors (Lipinski definition) is 7. The van der Waals surface area contributed by atoms with Crippen molar-refractivity contribution >= 4 is 5.97 Å². The molecule has 0 radical (unpaired) electrons. The Morgan fingerprint density at radius 3 is 2.09 bits per heavy atom. The summed E-state index contributed by atoms with van der Waals surface area (Å²) in [4.78, 5) is 22.6. The second-order valence-electron chi connectivity index (χ2n) is 9.20. The topological polar surface area (TPSA) is 123 Å². The number of fused-ring (bicyclic) bond motifs is 5. The Labute approximate surface area is 196 Å². The maximum absolute atomic E-state index is 13.7. The number of hydrogen-bond donors (Lipinski definition) is 0. The molecule has 164 valence electrons. The Bertz CT molecular complexity index is 1450. The van der Waals surface area contributed by atoms with E-state index in [9.17, 15) is 15.3 Å². The molecule has 1 saturated carbocycles. The van der Waals surface area contributed by atoms with Crippen molar-refractivity contribution in [2.75, 3.05) is 0 Å². The van der Waals surface area contributed by atoms with E-state index in [1.54, 1.807) is 24.3 Å². The molecule has 2 aromatic carbocycles. The third-order valence-corrected chi connectivity index (χ3v) is 7.41. The Morgan fingerprint density at radius 1 is 0.912 bits per heavy atom. The van der Waals surface area contributed by atoms with E-state index in [1.165, 1.54) is 0 Å². The van der Waals surface area contributed by atoms with Crippen LogP contribution < -0.4 is 4.74 Å². The van der Waals surface area contributed by atoms with Crippen LogP contribution in [0.25, 0.3) is 11.1 Å². The van der Waals surface area contributed by atoms with Crippen LogP contribution >= 0.6 is 0 Å². The first-order chi connectivity index (χ1) is 16.4. The monoisotopic (exact) mass is 445 g/mol. The van der Waals surface area contributed by atoms with Crippen LogP contribution in [-0.4, -0.2) is 15.9 Å². The van der Waals surface area contributed by atoms with Crippen molar-refractivity contribution in [1.29, 1.82) is 15.8 Å². The molecule has 1 aromatic heterocycles. The first-order valence-corrected chi connectivity index (χ1v) is 10.9. The third kappa shape index (κ3) is 2.83. The van der Waals surface area contributed by atoms with Crippen molar-refractivity contribution in [1.82, 2.24) is 9.97 Å². The number of carbonyl (C=O) groups is 1. The molecule has 0 amide bonds. The van der Waals surface area contributed by atoms with Crippen molar-refractivity contribution in [2.45, 2.75) is 38.0 Å². The van der Waals surface area contributed by atoms with Gasteiger partial charge in [0.2, 0.25) is 0 Å². The number of aromatic nitrogens is 2. The molecule has 2 aliphatic rings. The Hall–Kier alpha value is -4.54. The molecule has 2 atom stereocenters. The van der Waals surface area contributed by atoms with Crippen molar-refractivity contribution in [3.8, 4) is 35.1 Å². The highest BCUT2D eigenvalue weighted by atomic mass is 16.5. The number of carbonyl (C=O) groups excluding carboxylic acids is 1. The summed E-state index contributed by atoms with van der Waals surface area (Å²) < 4.78 is 5.87. The normalized spacial score (nSPS) is 21.1. The van der Waals surface area contributed by atoms with E-state index in [0.717, 1.165) is 17.5 Å². The average Bonchev–Trinajstić information content (AvgIpc) is 3.24. The Kier molecular flexibility index (Phi) is 4.71. The van der Waals surface area contributed by atoms with E-state index >= 15 is 0 Å². The Morgan fingerprint density at radius 2 is 1.50 bits per heavy atom. The van der Waals surface area contributed by atoms with Gasteiger partial charge < -0.3 is 4.74 Å². The number of ether oxygens (including phenoxy) is 1. The molecule has 5 rings (SSSR count). The molecule has 2 aliphatic carbocycles. The first kappa shape index (κ1) is 21.3. The van der Waals surface area contributed by atoms with Crippen LogP contribution in [0.5, 0.6) is 5.75 Å². The summed E-state index contributed by atoms with van der Waals surface area (Å²) in [6.45, 7) is 4.00. The zero-order valence-electron chi connectivity index (χ0n) is 18.7. The van der Waals surface area contributed by atoms with Crippen LogP contribution in [0.4, 0.5) is 0 Å². The highest BCUT2D eigenvalue weighted by Crippen LogP contribution is 2.67. The number of benzene rings is 2. The summed E-state index contributed by atoms with van der Waals surface area (Å²) in [5.74, 6) is -0.0551. The maximum atomic E-state index is 13.7. The summed E-state index contributed by atoms with van der Waals surface area (Å²) in [5, 5.41) is 27.8. The van der Waals surface area contributed by atoms with Crippen LogP contribution in [0.3, 0.4) is 0 Å². The van der Waals surface area contributed by atoms with Crippen LogP contribution in [0.2, 0.25) is 0 Å². The predicted octanol–water partition coefficient (Wildman–Crippen LogP) is 4.52. The fraction of sp³-hybridized carbons (Fsp3) is 0.259. The minimum Gasteiger partial charge on any atom is -0.426 e. The number of rotatable bonds is 3. The lowest BCUT2D eigenvalue weighted by Crippen LogP contribution is -2.46. The molecule has 0 N–H and O–H groups in total. The van der Waals surface area contributed by atoms with Crippen LogP contribution in [0.1, 0.15) is 60.9 Å². The molecule has 34 heavy (non-hydrogen) atoms. The Balaban J connectivity index is 1.48. The summed E-state index contributed by atoms with van der Waals surface area (Å²) >= 11 is 0. The van der Waals surface area contributed by atoms with E-state index in [2.05, 4.69) is 16.0 Å². The highest BCUT2D eigenvalue weighted by Gasteiger charge is 2.69. The van der Waals surface area contributed by atoms with Gasteiger partial charge in [-0.1, -0.05) is 38.1 Å². The maximum Gasteiger partial charge on any atom is 0.324 e. The molecule has 1 fully saturated rings. The molecule has 2 bridgehead atoms. The van der Waals surface area contributed by atoms with Crippen molar-refractivity contribution in [3.63, 3.8) is 0 Å². The number of nitrogens with zero attached hydrogens (tertiary/aromatic N) is 5. The van der Waals surface area contributed by atoms with Gasteiger partial charge in [-0.25, -0.2) is 9.97 Å². The van der Waals surface area contributed by atoms with Gasteiger partial charge in [0.05, 0.1) is 23.0 Å². The van der Waals surface area contributed by atoms with Crippen molar-refractivity contribution in [2.24, 2.45) is 5.41 Å². The van der Waals surface area contributed by atoms with Gasteiger partial charge in [0.25, 0.3) is 0 Å². The van der Waals surface area contributed by atoms with Crippen LogP contribution in [0, 0.1) is 39.4 Å². The predicted molar refractivity (Wildman–Crippen MR) is 121 cm³/mol. The van der Waals surface area contributed by atoms with E-state index in [-0.39, 0.29) is 17.3 Å². The minimum atomic E-state index is -1.04. The van der Waals surface area contributed by atoms with E-state index in [1.807, 2.05) is 50.3 Å². The van der Waals surface area contributed by atoms with Gasteiger partial charge in [-0.3, -0.25) is 4.79 Å². The summed E-state index contributed by atoms with van der Waals surface area (Å²) in [6.07, 6.45) is 1.28. The van der Waals surface area contributed by atoms with Gasteiger partial charge in [-0.05, 0) is 53.6 Å². The lowest BCUT2D eigenvalue weighted by Gasteiger charge is -2.35. The summed E-state index contributed by atoms with van der Waals surface area (Å²) in [5.41, 5.74) is 1.93. The summed E-state index contributed by atoms with van der Waals surface area (Å²) in [7, 11) is 0. The van der Waals surface area contributed by atoms with Crippen molar-refractivity contribution < 1.29 is 9.53 Å². The second kappa shape index (κ2) is 7.51. The SMILES string of the molecule is CC1(C)C2CCC1(C(=O)Oc1ccc(-c3ccc(C#N)cc3)cc1)c1nc(C#N)c(C#N)nc12. The van der Waals surface area contributed by atoms with E-state index in [4.69, 9.17) is 10.00 Å². The summed E-state index contributed by atoms with van der Waals surface area (Å²) in [6, 6.07) is 20.4. The van der Waals surface area contributed by atoms with Crippen molar-refractivity contribution in [3.05, 3.63) is 76.9 Å². The van der Waals surface area contributed by atoms with Crippen LogP contribution in [0.15, 0.2) is 48.5 Å². The van der Waals surface area contributed by atoms with Crippen LogP contribution in [-0.2, 0) is 10.2 Å². The van der Waals surface area contributed by atoms with Gasteiger partial charge in [0.1, 0.15) is 23.3 Å². The van der Waals surface area contributed by atoms with E-state index in [0.29, 0.717) is 29.1 Å². The zero-order valence-corrected chi connectivity index (χ0v) is 18.7. The van der Waals surface area contributed by atoms with E-state index < -0.39 is 16.8 Å². The smallest absolute Gasteiger partial charge is 0.324 e. The molecular formula is C27H19N5O2. The molecule has 3 aromatic rings. The van der Waals surface area contributed by atoms with Gasteiger partial charge in [-0.15, -0.1) is 0 Å². The highest BCUT2D eigenvalue weighted by molar-refractivity contribution is 5.88. The molecule has 0 saturated heterocycles. The molecule has 1 heterocycles. The van der Waals surface area contributed by atoms with Gasteiger partial charge in [0.15, 0.2) is 11.4 Å². The molecule has 2 unspecified atom stereocenters. The number of nitriles is 3. The third-order valence-electron chi connectivity index (χ3n) is 7.41. The quantitative estimate of drug-likeness (QED) is 0.429. The first-order valence-electron chi connectivity index (χ1n) is 10.9. The zero-order chi connectivity index (χ0) is 24.1. The molecular weight excluding hydrogens is 426 g/mol. The molecule has 0 spiro atoms. The van der Waals surface area contributed by atoms with Gasteiger partial charge in [-0.2, -0.15) is 15.8 Å². The molecule has 7 heteroatoms. The van der Waals surface area contributed by atoms with Gasteiger partial charge in [0, 0.05) is 5.92 Å². The standard InChI is InChI=1S/C27H19N5O2/c1-26(2)20-11-12-27(26,24-23(20)31-21(14-29)22(15-30)32-24)25(33)34-19-9-7-18(8-10-19)17-5-3-16(13-28)4-6-17/h3-10,20H,11-12H2,1-2H3. The largest absolute Gasteiger partial charge is 0.426 e.